The van der Waals surface area contributed by atoms with Gasteiger partial charge in [0.15, 0.2) is 0 Å². The topological polar surface area (TPSA) is 99.1 Å². The van der Waals surface area contributed by atoms with Gasteiger partial charge in [0.1, 0.15) is 23.1 Å². The molecule has 0 aliphatic carbocycles. The number of rotatable bonds is 8. The van der Waals surface area contributed by atoms with Gasteiger partial charge < -0.3 is 10.4 Å². The lowest BCUT2D eigenvalue weighted by Gasteiger charge is -2.51. The molecule has 10 heteroatoms. The first-order chi connectivity index (χ1) is 18.2. The van der Waals surface area contributed by atoms with E-state index in [1.165, 1.54) is 22.9 Å². The van der Waals surface area contributed by atoms with E-state index < -0.39 is 11.6 Å². The lowest BCUT2D eigenvalue weighted by Crippen LogP contribution is -2.63. The Morgan fingerprint density at radius 3 is 2.58 bits per heavy atom. The van der Waals surface area contributed by atoms with Crippen LogP contribution < -0.4 is 10.9 Å². The molecule has 1 fully saturated rings. The number of aliphatic hydroxyl groups excluding tert-OH is 1. The summed E-state index contributed by atoms with van der Waals surface area (Å²) in [6.07, 6.45) is 0. The van der Waals surface area contributed by atoms with Crippen molar-refractivity contribution < 1.29 is 13.9 Å². The number of aryl methyl sites for hydroxylation is 1. The number of hydrogen-bond acceptors (Lipinski definition) is 6. The molecule has 4 aromatic rings. The smallest absolute Gasteiger partial charge is 0.271 e. The zero-order valence-corrected chi connectivity index (χ0v) is 21.5. The van der Waals surface area contributed by atoms with Crippen LogP contribution in [-0.2, 0) is 0 Å². The average molecular weight is 521 g/mol. The molecular weight excluding hydrogens is 490 g/mol. The normalized spacial score (nSPS) is 15.0. The van der Waals surface area contributed by atoms with Crippen LogP contribution in [0.5, 0.6) is 0 Å². The molecule has 2 aromatic heterocycles. The van der Waals surface area contributed by atoms with Gasteiger partial charge in [0.2, 0.25) is 0 Å². The Hall–Kier alpha value is -3.89. The SMILES string of the molecule is Cc1ccccc1-n1nc(-c2c(-c3ccc(F)cc3F)n[nH]c2NCC2(CO)CN(C(C)C)C2)ccc1=O. The Morgan fingerprint density at radius 2 is 1.89 bits per heavy atom. The van der Waals surface area contributed by atoms with Crippen LogP contribution >= 0.6 is 0 Å². The molecule has 0 amide bonds. The first-order valence-electron chi connectivity index (χ1n) is 12.5. The molecular formula is C28H30F2N6O2. The molecule has 0 atom stereocenters. The summed E-state index contributed by atoms with van der Waals surface area (Å²) < 4.78 is 29.9. The molecule has 0 bridgehead atoms. The molecule has 1 aliphatic rings. The third-order valence-electron chi connectivity index (χ3n) is 7.14. The van der Waals surface area contributed by atoms with Crippen LogP contribution in [0.15, 0.2) is 59.4 Å². The average Bonchev–Trinajstić information content (AvgIpc) is 3.28. The van der Waals surface area contributed by atoms with Gasteiger partial charge in [0.05, 0.1) is 23.6 Å². The number of nitrogens with zero attached hydrogens (tertiary/aromatic N) is 4. The van der Waals surface area contributed by atoms with E-state index in [2.05, 4.69) is 39.4 Å². The zero-order chi connectivity index (χ0) is 27.0. The summed E-state index contributed by atoms with van der Waals surface area (Å²) in [6.45, 7) is 8.00. The lowest BCUT2D eigenvalue weighted by atomic mass is 9.79. The number of hydrogen-bond donors (Lipinski definition) is 3. The van der Waals surface area contributed by atoms with E-state index in [-0.39, 0.29) is 28.8 Å². The molecule has 8 nitrogen and oxygen atoms in total. The van der Waals surface area contributed by atoms with Crippen molar-refractivity contribution in [2.75, 3.05) is 31.6 Å². The first-order valence-corrected chi connectivity index (χ1v) is 12.5. The highest BCUT2D eigenvalue weighted by molar-refractivity contribution is 5.87. The van der Waals surface area contributed by atoms with Crippen molar-refractivity contribution >= 4 is 5.82 Å². The fraction of sp³-hybridized carbons (Fsp3) is 0.321. The second kappa shape index (κ2) is 10.1. The maximum Gasteiger partial charge on any atom is 0.271 e. The molecule has 3 heterocycles. The first kappa shape index (κ1) is 25.7. The number of likely N-dealkylation sites (tertiary alicyclic amines) is 1. The number of halogens is 2. The summed E-state index contributed by atoms with van der Waals surface area (Å²) in [5, 5.41) is 25.4. The van der Waals surface area contributed by atoms with Gasteiger partial charge in [-0.1, -0.05) is 18.2 Å². The molecule has 0 unspecified atom stereocenters. The Kier molecular flexibility index (Phi) is 6.85. The van der Waals surface area contributed by atoms with E-state index in [9.17, 15) is 18.7 Å². The maximum absolute atomic E-state index is 14.9. The summed E-state index contributed by atoms with van der Waals surface area (Å²) >= 11 is 0. The maximum atomic E-state index is 14.9. The van der Waals surface area contributed by atoms with Gasteiger partial charge in [-0.05, 0) is 50.6 Å². The van der Waals surface area contributed by atoms with Crippen molar-refractivity contribution in [3.05, 3.63) is 82.1 Å². The van der Waals surface area contributed by atoms with Gasteiger partial charge in [0.25, 0.3) is 5.56 Å². The Balaban J connectivity index is 1.59. The summed E-state index contributed by atoms with van der Waals surface area (Å²) in [4.78, 5) is 15.0. The van der Waals surface area contributed by atoms with Crippen molar-refractivity contribution in [1.82, 2.24) is 24.9 Å². The monoisotopic (exact) mass is 520 g/mol. The number of nitrogens with one attached hydrogen (secondary N) is 2. The van der Waals surface area contributed by atoms with Crippen LogP contribution in [-0.4, -0.2) is 62.3 Å². The van der Waals surface area contributed by atoms with Gasteiger partial charge >= 0.3 is 0 Å². The second-order valence-corrected chi connectivity index (χ2v) is 10.2. The van der Waals surface area contributed by atoms with Crippen LogP contribution in [0.1, 0.15) is 19.4 Å². The molecule has 1 saturated heterocycles. The highest BCUT2D eigenvalue weighted by atomic mass is 19.1. The number of anilines is 1. The molecule has 198 valence electrons. The summed E-state index contributed by atoms with van der Waals surface area (Å²) in [5.74, 6) is -1.01. The van der Waals surface area contributed by atoms with Crippen LogP contribution in [0.2, 0.25) is 0 Å². The fourth-order valence-corrected chi connectivity index (χ4v) is 4.84. The lowest BCUT2D eigenvalue weighted by molar-refractivity contribution is -0.0481. The molecule has 0 radical (unpaired) electrons. The van der Waals surface area contributed by atoms with Crippen LogP contribution in [0.3, 0.4) is 0 Å². The van der Waals surface area contributed by atoms with Crippen molar-refractivity contribution in [3.8, 4) is 28.2 Å². The summed E-state index contributed by atoms with van der Waals surface area (Å²) in [7, 11) is 0. The van der Waals surface area contributed by atoms with Crippen molar-refractivity contribution in [2.24, 2.45) is 5.41 Å². The molecule has 38 heavy (non-hydrogen) atoms. The quantitative estimate of drug-likeness (QED) is 0.325. The highest BCUT2D eigenvalue weighted by Crippen LogP contribution is 2.38. The predicted octanol–water partition coefficient (Wildman–Crippen LogP) is 3.99. The van der Waals surface area contributed by atoms with Gasteiger partial charge in [-0.3, -0.25) is 14.8 Å². The summed E-state index contributed by atoms with van der Waals surface area (Å²) in [6, 6.07) is 14.0. The van der Waals surface area contributed by atoms with E-state index in [1.54, 1.807) is 12.1 Å². The van der Waals surface area contributed by atoms with E-state index in [1.807, 2.05) is 25.1 Å². The van der Waals surface area contributed by atoms with E-state index in [0.717, 1.165) is 24.7 Å². The summed E-state index contributed by atoms with van der Waals surface area (Å²) in [5.41, 5.74) is 1.94. The van der Waals surface area contributed by atoms with Gasteiger partial charge in [-0.25, -0.2) is 8.78 Å². The van der Waals surface area contributed by atoms with Crippen molar-refractivity contribution in [3.63, 3.8) is 0 Å². The predicted molar refractivity (Wildman–Crippen MR) is 142 cm³/mol. The Bertz CT molecular complexity index is 1520. The van der Waals surface area contributed by atoms with E-state index >= 15 is 0 Å². The third-order valence-corrected chi connectivity index (χ3v) is 7.14. The molecule has 5 rings (SSSR count). The number of aromatic nitrogens is 4. The van der Waals surface area contributed by atoms with E-state index in [4.69, 9.17) is 0 Å². The number of H-pyrrole nitrogens is 1. The van der Waals surface area contributed by atoms with Gasteiger partial charge in [-0.2, -0.15) is 14.9 Å². The van der Waals surface area contributed by atoms with Crippen LogP contribution in [0.4, 0.5) is 14.6 Å². The molecule has 2 aromatic carbocycles. The number of benzene rings is 2. The van der Waals surface area contributed by atoms with Gasteiger partial charge in [-0.15, -0.1) is 0 Å². The second-order valence-electron chi connectivity index (χ2n) is 10.2. The van der Waals surface area contributed by atoms with Gasteiger partial charge in [0, 0.05) is 48.8 Å². The number of aromatic amines is 1. The standard InChI is InChI=1S/C28H30F2N6O2/c1-17(2)35-14-28(15-35,16-37)13-31-27-25(26(32-33-27)20-9-8-19(29)12-21(20)30)22-10-11-24(38)36(34-22)23-7-5-4-6-18(23)3/h4-12,17,37H,13-16H2,1-3H3,(H2,31,32,33). The number of para-hydroxylation sites is 1. The molecule has 1 aliphatic heterocycles. The molecule has 0 spiro atoms. The highest BCUT2D eigenvalue weighted by Gasteiger charge is 2.43. The minimum Gasteiger partial charge on any atom is -0.396 e. The largest absolute Gasteiger partial charge is 0.396 e. The van der Waals surface area contributed by atoms with Crippen LogP contribution in [0.25, 0.3) is 28.2 Å². The molecule has 3 N–H and O–H groups in total. The third kappa shape index (κ3) is 4.72. The minimum atomic E-state index is -0.769. The van der Waals surface area contributed by atoms with Crippen molar-refractivity contribution in [2.45, 2.75) is 26.8 Å². The van der Waals surface area contributed by atoms with E-state index in [0.29, 0.717) is 35.3 Å². The zero-order valence-electron chi connectivity index (χ0n) is 21.5. The van der Waals surface area contributed by atoms with Crippen molar-refractivity contribution in [1.29, 1.82) is 0 Å². The Morgan fingerprint density at radius 1 is 1.13 bits per heavy atom. The Labute approximate surface area is 218 Å². The molecule has 0 saturated carbocycles. The van der Waals surface area contributed by atoms with Crippen LogP contribution in [0, 0.1) is 24.0 Å². The fourth-order valence-electron chi connectivity index (χ4n) is 4.84. The number of aliphatic hydroxyl groups is 1. The minimum absolute atomic E-state index is 0.00253.